The molecule has 2 amide bonds. The minimum Gasteiger partial charge on any atom is -0.307 e. The summed E-state index contributed by atoms with van der Waals surface area (Å²) in [7, 11) is 0. The normalized spacial score (nSPS) is 18.2. The molecule has 0 aliphatic carbocycles. The van der Waals surface area contributed by atoms with Crippen LogP contribution in [-0.4, -0.2) is 36.2 Å². The number of nitrogens with zero attached hydrogens (tertiary/aromatic N) is 2. The van der Waals surface area contributed by atoms with E-state index in [0.717, 1.165) is 0 Å². The second-order valence-electron chi connectivity index (χ2n) is 4.37. The summed E-state index contributed by atoms with van der Waals surface area (Å²) >= 11 is 11.3. The van der Waals surface area contributed by atoms with Crippen molar-refractivity contribution in [2.24, 2.45) is 0 Å². The Balaban J connectivity index is 2.48. The number of alkyl halides is 2. The monoisotopic (exact) mass is 300 g/mol. The zero-order chi connectivity index (χ0) is 14.0. The first-order valence-electron chi connectivity index (χ1n) is 5.93. The third-order valence-electron chi connectivity index (χ3n) is 3.12. The molecule has 0 saturated heterocycles. The van der Waals surface area contributed by atoms with E-state index in [4.69, 9.17) is 23.2 Å². The summed E-state index contributed by atoms with van der Waals surface area (Å²) in [6.45, 7) is 2.31. The molecule has 19 heavy (non-hydrogen) atoms. The van der Waals surface area contributed by atoms with Crippen LogP contribution in [0.1, 0.15) is 6.92 Å². The number of rotatable bonds is 2. The summed E-state index contributed by atoms with van der Waals surface area (Å²) in [6.07, 6.45) is 0. The molecule has 0 fully saturated rings. The summed E-state index contributed by atoms with van der Waals surface area (Å²) in [6, 6.07) is 7.14. The van der Waals surface area contributed by atoms with Crippen LogP contribution in [0, 0.1) is 0 Å². The Labute approximate surface area is 121 Å². The molecule has 0 aromatic heterocycles. The second kappa shape index (κ2) is 5.80. The molecule has 0 saturated carbocycles. The number of amides is 2. The fourth-order valence-electron chi connectivity index (χ4n) is 2.33. The van der Waals surface area contributed by atoms with E-state index in [1.54, 1.807) is 15.9 Å². The minimum atomic E-state index is -0.168. The average Bonchev–Trinajstić information content (AvgIpc) is 2.44. The number of fused-ring (bicyclic) bond motifs is 1. The first kappa shape index (κ1) is 14.2. The van der Waals surface area contributed by atoms with E-state index in [2.05, 4.69) is 0 Å². The number of para-hydroxylation sites is 2. The van der Waals surface area contributed by atoms with E-state index in [9.17, 15) is 9.59 Å². The number of carbonyl (C=O) groups is 2. The molecule has 0 unspecified atom stereocenters. The van der Waals surface area contributed by atoms with Crippen LogP contribution in [-0.2, 0) is 9.59 Å². The molecule has 1 aliphatic rings. The maximum atomic E-state index is 12.0. The molecule has 0 N–H and O–H groups in total. The molecule has 1 heterocycles. The lowest BCUT2D eigenvalue weighted by Crippen LogP contribution is -2.52. The van der Waals surface area contributed by atoms with Gasteiger partial charge in [0.15, 0.2) is 0 Å². The highest BCUT2D eigenvalue weighted by Gasteiger charge is 2.33. The SMILES string of the molecule is C[C@H]1CN(C(=O)CCl)c2ccccc2N1C(=O)CCl. The van der Waals surface area contributed by atoms with Gasteiger partial charge in [0.1, 0.15) is 11.8 Å². The topological polar surface area (TPSA) is 40.6 Å². The van der Waals surface area contributed by atoms with Crippen molar-refractivity contribution in [2.45, 2.75) is 13.0 Å². The van der Waals surface area contributed by atoms with E-state index in [0.29, 0.717) is 17.9 Å². The van der Waals surface area contributed by atoms with E-state index >= 15 is 0 Å². The smallest absolute Gasteiger partial charge is 0.242 e. The fraction of sp³-hybridized carbons (Fsp3) is 0.385. The molecule has 2 rings (SSSR count). The molecular weight excluding hydrogens is 287 g/mol. The van der Waals surface area contributed by atoms with E-state index in [1.807, 2.05) is 25.1 Å². The van der Waals surface area contributed by atoms with Gasteiger partial charge in [0.25, 0.3) is 0 Å². The summed E-state index contributed by atoms with van der Waals surface area (Å²) in [5, 5.41) is 0. The highest BCUT2D eigenvalue weighted by molar-refractivity contribution is 6.31. The van der Waals surface area contributed by atoms with Crippen LogP contribution in [0.4, 0.5) is 11.4 Å². The van der Waals surface area contributed by atoms with Gasteiger partial charge in [0.2, 0.25) is 11.8 Å². The van der Waals surface area contributed by atoms with Crippen LogP contribution in [0.25, 0.3) is 0 Å². The van der Waals surface area contributed by atoms with E-state index in [-0.39, 0.29) is 29.6 Å². The van der Waals surface area contributed by atoms with Gasteiger partial charge < -0.3 is 9.80 Å². The number of anilines is 2. The maximum absolute atomic E-state index is 12.0. The van der Waals surface area contributed by atoms with Gasteiger partial charge in [-0.05, 0) is 19.1 Å². The number of benzene rings is 1. The van der Waals surface area contributed by atoms with Crippen molar-refractivity contribution in [3.05, 3.63) is 24.3 Å². The quantitative estimate of drug-likeness (QED) is 0.786. The predicted molar refractivity (Wildman–Crippen MR) is 77.2 cm³/mol. The van der Waals surface area contributed by atoms with E-state index < -0.39 is 0 Å². The van der Waals surface area contributed by atoms with Crippen molar-refractivity contribution < 1.29 is 9.59 Å². The molecular formula is C13H14Cl2N2O2. The predicted octanol–water partition coefficient (Wildman–Crippen LogP) is 2.23. The van der Waals surface area contributed by atoms with Gasteiger partial charge in [-0.25, -0.2) is 0 Å². The van der Waals surface area contributed by atoms with Crippen molar-refractivity contribution in [3.63, 3.8) is 0 Å². The van der Waals surface area contributed by atoms with Crippen molar-refractivity contribution in [1.29, 1.82) is 0 Å². The molecule has 1 aromatic carbocycles. The molecule has 1 atom stereocenters. The highest BCUT2D eigenvalue weighted by atomic mass is 35.5. The lowest BCUT2D eigenvalue weighted by atomic mass is 10.1. The van der Waals surface area contributed by atoms with Gasteiger partial charge in [-0.1, -0.05) is 12.1 Å². The third kappa shape index (κ3) is 2.55. The van der Waals surface area contributed by atoms with Crippen molar-refractivity contribution >= 4 is 46.4 Å². The summed E-state index contributed by atoms with van der Waals surface area (Å²) < 4.78 is 0. The lowest BCUT2D eigenvalue weighted by Gasteiger charge is -2.40. The van der Waals surface area contributed by atoms with Crippen LogP contribution in [0.5, 0.6) is 0 Å². The Morgan fingerprint density at radius 3 is 2.32 bits per heavy atom. The molecule has 0 spiro atoms. The number of carbonyl (C=O) groups excluding carboxylic acids is 2. The zero-order valence-electron chi connectivity index (χ0n) is 10.5. The van der Waals surface area contributed by atoms with Crippen LogP contribution in [0.2, 0.25) is 0 Å². The largest absolute Gasteiger partial charge is 0.307 e. The third-order valence-corrected chi connectivity index (χ3v) is 3.58. The van der Waals surface area contributed by atoms with Gasteiger partial charge in [-0.2, -0.15) is 0 Å². The van der Waals surface area contributed by atoms with Gasteiger partial charge in [0, 0.05) is 6.54 Å². The zero-order valence-corrected chi connectivity index (χ0v) is 12.0. The Morgan fingerprint density at radius 2 is 1.74 bits per heavy atom. The number of hydrogen-bond acceptors (Lipinski definition) is 2. The van der Waals surface area contributed by atoms with E-state index in [1.165, 1.54) is 0 Å². The molecule has 0 bridgehead atoms. The molecule has 1 aromatic rings. The Kier molecular flexibility index (Phi) is 4.32. The Hall–Kier alpha value is -1.26. The summed E-state index contributed by atoms with van der Waals surface area (Å²) in [5.74, 6) is -0.495. The van der Waals surface area contributed by atoms with Gasteiger partial charge in [-0.15, -0.1) is 23.2 Å². The summed E-state index contributed by atoms with van der Waals surface area (Å²) in [5.41, 5.74) is 1.40. The number of hydrogen-bond donors (Lipinski definition) is 0. The second-order valence-corrected chi connectivity index (χ2v) is 4.91. The van der Waals surface area contributed by atoms with Crippen molar-refractivity contribution in [3.8, 4) is 0 Å². The lowest BCUT2D eigenvalue weighted by molar-refractivity contribution is -0.118. The summed E-state index contributed by atoms with van der Waals surface area (Å²) in [4.78, 5) is 27.1. The van der Waals surface area contributed by atoms with Crippen LogP contribution in [0.3, 0.4) is 0 Å². The molecule has 102 valence electrons. The molecule has 4 nitrogen and oxygen atoms in total. The first-order chi connectivity index (χ1) is 9.10. The van der Waals surface area contributed by atoms with Gasteiger partial charge in [-0.3, -0.25) is 9.59 Å². The van der Waals surface area contributed by atoms with Crippen LogP contribution in [0.15, 0.2) is 24.3 Å². The Bertz CT molecular complexity index is 507. The van der Waals surface area contributed by atoms with Crippen LogP contribution >= 0.6 is 23.2 Å². The minimum absolute atomic E-state index is 0.0789. The van der Waals surface area contributed by atoms with Crippen molar-refractivity contribution in [2.75, 3.05) is 28.1 Å². The molecule has 1 aliphatic heterocycles. The van der Waals surface area contributed by atoms with Crippen molar-refractivity contribution in [1.82, 2.24) is 0 Å². The van der Waals surface area contributed by atoms with Gasteiger partial charge >= 0.3 is 0 Å². The molecule has 6 heteroatoms. The average molecular weight is 301 g/mol. The highest BCUT2D eigenvalue weighted by Crippen LogP contribution is 2.35. The molecule has 0 radical (unpaired) electrons. The Morgan fingerprint density at radius 1 is 1.16 bits per heavy atom. The fourth-order valence-corrected chi connectivity index (χ4v) is 2.60. The number of halogens is 2. The first-order valence-corrected chi connectivity index (χ1v) is 7.00. The maximum Gasteiger partial charge on any atom is 0.242 e. The van der Waals surface area contributed by atoms with Crippen LogP contribution < -0.4 is 9.80 Å². The standard InChI is InChI=1S/C13H14Cl2N2O2/c1-9-8-16(12(18)6-14)10-4-2-3-5-11(10)17(9)13(19)7-15/h2-5,9H,6-8H2,1H3/t9-/m0/s1. The van der Waals surface area contributed by atoms with Gasteiger partial charge in [0.05, 0.1) is 17.4 Å².